The first-order chi connectivity index (χ1) is 16.7. The Labute approximate surface area is 203 Å². The van der Waals surface area contributed by atoms with E-state index in [9.17, 15) is 22.8 Å². The average molecular weight is 506 g/mol. The fraction of sp³-hybridized carbons (Fsp3) is 0.348. The Morgan fingerprint density at radius 2 is 1.54 bits per heavy atom. The van der Waals surface area contributed by atoms with Crippen molar-refractivity contribution in [2.45, 2.75) is 11.8 Å². The third kappa shape index (κ3) is 5.54. The van der Waals surface area contributed by atoms with Gasteiger partial charge in [0.15, 0.2) is 0 Å². The zero-order valence-electron chi connectivity index (χ0n) is 19.7. The van der Waals surface area contributed by atoms with Gasteiger partial charge in [-0.3, -0.25) is 0 Å². The van der Waals surface area contributed by atoms with Gasteiger partial charge in [0.2, 0.25) is 10.0 Å². The quantitative estimate of drug-likeness (QED) is 0.419. The summed E-state index contributed by atoms with van der Waals surface area (Å²) in [5.41, 5.74) is 0.341. The van der Waals surface area contributed by atoms with Crippen LogP contribution in [-0.2, 0) is 33.8 Å². The summed E-state index contributed by atoms with van der Waals surface area (Å²) in [5, 5.41) is 0. The summed E-state index contributed by atoms with van der Waals surface area (Å²) >= 11 is 0. The number of ether oxygens (including phenoxy) is 3. The summed E-state index contributed by atoms with van der Waals surface area (Å²) in [6.07, 6.45) is 5.71. The summed E-state index contributed by atoms with van der Waals surface area (Å²) < 4.78 is 42.2. The number of amides is 1. The van der Waals surface area contributed by atoms with Crippen molar-refractivity contribution in [3.63, 3.8) is 0 Å². The zero-order valence-corrected chi connectivity index (χ0v) is 20.5. The second-order valence-electron chi connectivity index (χ2n) is 7.40. The number of sulfonamides is 1. The SMILES string of the molecule is CCOC(=O)N1CCN(S(=O)(=O)c2ccc(N3C=CC=CC(C(=O)OC)=C3C(=O)OC)cc2)CC1. The Kier molecular flexibility index (Phi) is 8.30. The molecule has 0 spiro atoms. The van der Waals surface area contributed by atoms with Gasteiger partial charge in [-0.15, -0.1) is 0 Å². The van der Waals surface area contributed by atoms with Crippen LogP contribution in [0.5, 0.6) is 0 Å². The first-order valence-electron chi connectivity index (χ1n) is 10.8. The van der Waals surface area contributed by atoms with Crippen molar-refractivity contribution in [3.8, 4) is 0 Å². The summed E-state index contributed by atoms with van der Waals surface area (Å²) in [6, 6.07) is 5.88. The lowest BCUT2D eigenvalue weighted by Gasteiger charge is -2.33. The molecule has 0 radical (unpaired) electrons. The molecule has 0 saturated carbocycles. The molecule has 0 aliphatic carbocycles. The number of anilines is 1. The number of methoxy groups -OCH3 is 2. The van der Waals surface area contributed by atoms with Crippen molar-refractivity contribution >= 4 is 33.7 Å². The first-order valence-corrected chi connectivity index (χ1v) is 12.3. The predicted molar refractivity (Wildman–Crippen MR) is 126 cm³/mol. The van der Waals surface area contributed by atoms with Gasteiger partial charge in [0, 0.05) is 38.1 Å². The molecule has 0 bridgehead atoms. The lowest BCUT2D eigenvalue weighted by molar-refractivity contribution is -0.139. The van der Waals surface area contributed by atoms with Crippen molar-refractivity contribution < 1.29 is 37.0 Å². The molecule has 0 atom stereocenters. The van der Waals surface area contributed by atoms with Gasteiger partial charge >= 0.3 is 18.0 Å². The average Bonchev–Trinajstić information content (AvgIpc) is 3.11. The van der Waals surface area contributed by atoms with Crippen LogP contribution in [0.3, 0.4) is 0 Å². The predicted octanol–water partition coefficient (Wildman–Crippen LogP) is 1.64. The van der Waals surface area contributed by atoms with Crippen LogP contribution in [0.15, 0.2) is 64.9 Å². The highest BCUT2D eigenvalue weighted by Gasteiger charge is 2.31. The van der Waals surface area contributed by atoms with E-state index in [-0.39, 0.29) is 49.0 Å². The third-order valence-electron chi connectivity index (χ3n) is 5.41. The minimum Gasteiger partial charge on any atom is -0.465 e. The van der Waals surface area contributed by atoms with E-state index < -0.39 is 28.1 Å². The molecular weight excluding hydrogens is 478 g/mol. The van der Waals surface area contributed by atoms with Crippen LogP contribution in [-0.4, -0.2) is 82.7 Å². The molecule has 1 aromatic carbocycles. The Hall–Kier alpha value is -3.64. The van der Waals surface area contributed by atoms with E-state index in [1.807, 2.05) is 0 Å². The van der Waals surface area contributed by atoms with Crippen LogP contribution in [0.2, 0.25) is 0 Å². The minimum absolute atomic E-state index is 0.0134. The summed E-state index contributed by atoms with van der Waals surface area (Å²) in [6.45, 7) is 2.69. The van der Waals surface area contributed by atoms with Gasteiger partial charge in [0.05, 0.1) is 31.3 Å². The van der Waals surface area contributed by atoms with Gasteiger partial charge in [-0.1, -0.05) is 6.08 Å². The van der Waals surface area contributed by atoms with E-state index >= 15 is 0 Å². The second kappa shape index (κ2) is 11.2. The van der Waals surface area contributed by atoms with Gasteiger partial charge in [0.1, 0.15) is 5.70 Å². The van der Waals surface area contributed by atoms with Gasteiger partial charge in [-0.2, -0.15) is 4.31 Å². The molecule has 2 heterocycles. The highest BCUT2D eigenvalue weighted by Crippen LogP contribution is 2.28. The maximum Gasteiger partial charge on any atom is 0.409 e. The van der Waals surface area contributed by atoms with Gasteiger partial charge < -0.3 is 24.0 Å². The molecule has 1 amide bonds. The molecule has 188 valence electrons. The van der Waals surface area contributed by atoms with E-state index in [1.165, 1.54) is 58.7 Å². The van der Waals surface area contributed by atoms with Crippen LogP contribution >= 0.6 is 0 Å². The Morgan fingerprint density at radius 1 is 0.914 bits per heavy atom. The zero-order chi connectivity index (χ0) is 25.6. The number of carbonyl (C=O) groups is 3. The van der Waals surface area contributed by atoms with Crippen molar-refractivity contribution in [1.82, 2.24) is 9.21 Å². The first kappa shape index (κ1) is 26.0. The number of benzene rings is 1. The number of allylic oxidation sites excluding steroid dienone is 2. The van der Waals surface area contributed by atoms with E-state index in [0.717, 1.165) is 0 Å². The van der Waals surface area contributed by atoms with Gasteiger partial charge in [0.25, 0.3) is 0 Å². The molecule has 1 saturated heterocycles. The van der Waals surface area contributed by atoms with Crippen LogP contribution in [0, 0.1) is 0 Å². The van der Waals surface area contributed by atoms with E-state index in [0.29, 0.717) is 5.69 Å². The summed E-state index contributed by atoms with van der Waals surface area (Å²) in [7, 11) is -1.42. The Balaban J connectivity index is 1.85. The van der Waals surface area contributed by atoms with Gasteiger partial charge in [-0.05, 0) is 43.3 Å². The van der Waals surface area contributed by atoms with Crippen molar-refractivity contribution in [3.05, 3.63) is 60.0 Å². The monoisotopic (exact) mass is 505 g/mol. The fourth-order valence-electron chi connectivity index (χ4n) is 3.62. The van der Waals surface area contributed by atoms with E-state index in [2.05, 4.69) is 0 Å². The summed E-state index contributed by atoms with van der Waals surface area (Å²) in [5.74, 6) is -1.49. The number of rotatable bonds is 6. The fourth-order valence-corrected chi connectivity index (χ4v) is 5.04. The van der Waals surface area contributed by atoms with Crippen molar-refractivity contribution in [2.75, 3.05) is 51.9 Å². The molecule has 1 fully saturated rings. The number of hydrogen-bond acceptors (Lipinski definition) is 9. The van der Waals surface area contributed by atoms with E-state index in [1.54, 1.807) is 25.3 Å². The Bertz CT molecular complexity index is 1160. The molecule has 2 aliphatic rings. The number of hydrogen-bond donors (Lipinski definition) is 0. The smallest absolute Gasteiger partial charge is 0.409 e. The van der Waals surface area contributed by atoms with Crippen molar-refractivity contribution in [1.29, 1.82) is 0 Å². The molecule has 1 aromatic rings. The maximum atomic E-state index is 13.1. The van der Waals surface area contributed by atoms with Crippen molar-refractivity contribution in [2.24, 2.45) is 0 Å². The largest absolute Gasteiger partial charge is 0.465 e. The molecule has 12 heteroatoms. The van der Waals surface area contributed by atoms with Crippen LogP contribution in [0.4, 0.5) is 10.5 Å². The maximum absolute atomic E-state index is 13.1. The third-order valence-corrected chi connectivity index (χ3v) is 7.32. The number of nitrogens with zero attached hydrogens (tertiary/aromatic N) is 3. The van der Waals surface area contributed by atoms with E-state index in [4.69, 9.17) is 14.2 Å². The van der Waals surface area contributed by atoms with Crippen LogP contribution in [0.25, 0.3) is 0 Å². The molecule has 3 rings (SSSR count). The van der Waals surface area contributed by atoms with Crippen LogP contribution in [0.1, 0.15) is 6.92 Å². The number of carbonyl (C=O) groups excluding carboxylic acids is 3. The Morgan fingerprint density at radius 3 is 2.11 bits per heavy atom. The molecule has 35 heavy (non-hydrogen) atoms. The highest BCUT2D eigenvalue weighted by atomic mass is 32.2. The topological polar surface area (TPSA) is 123 Å². The lowest BCUT2D eigenvalue weighted by atomic mass is 10.1. The normalized spacial score (nSPS) is 16.7. The number of piperazine rings is 1. The molecule has 11 nitrogen and oxygen atoms in total. The molecule has 0 aromatic heterocycles. The second-order valence-corrected chi connectivity index (χ2v) is 9.34. The molecule has 0 N–H and O–H groups in total. The van der Waals surface area contributed by atoms with Crippen LogP contribution < -0.4 is 4.90 Å². The highest BCUT2D eigenvalue weighted by molar-refractivity contribution is 7.89. The molecule has 2 aliphatic heterocycles. The minimum atomic E-state index is -3.81. The van der Waals surface area contributed by atoms with Gasteiger partial charge in [-0.25, -0.2) is 22.8 Å². The summed E-state index contributed by atoms with van der Waals surface area (Å²) in [4.78, 5) is 39.6. The standard InChI is InChI=1S/C23H27N3O8S/c1-4-34-23(29)24-13-15-25(16-14-24)35(30,31)18-10-8-17(9-11-18)26-12-6-5-7-19(21(27)32-2)20(26)22(28)33-3/h5-12H,4,13-16H2,1-3H3. The lowest BCUT2D eigenvalue weighted by Crippen LogP contribution is -2.50. The molecule has 0 unspecified atom stereocenters. The number of esters is 2. The molecular formula is C23H27N3O8S.